The monoisotopic (exact) mass is 305 g/mol. The average Bonchev–Trinajstić information content (AvgIpc) is 2.53. The van der Waals surface area contributed by atoms with Gasteiger partial charge in [-0.05, 0) is 50.9 Å². The van der Waals surface area contributed by atoms with Crippen LogP contribution in [0.2, 0.25) is 0 Å². The number of nitrogens with zero attached hydrogens (tertiary/aromatic N) is 2. The first-order valence-electron chi connectivity index (χ1n) is 8.48. The molecule has 0 amide bonds. The molecule has 124 valence electrons. The number of nitrogens with one attached hydrogen (secondary N) is 1. The molecule has 1 unspecified atom stereocenters. The molecule has 1 aliphatic heterocycles. The molecule has 2 N–H and O–H groups in total. The van der Waals surface area contributed by atoms with Gasteiger partial charge in [0, 0.05) is 38.9 Å². The van der Waals surface area contributed by atoms with Crippen molar-refractivity contribution in [3.8, 4) is 0 Å². The fourth-order valence-corrected chi connectivity index (χ4v) is 3.14. The van der Waals surface area contributed by atoms with Crippen LogP contribution in [0.1, 0.15) is 37.8 Å². The van der Waals surface area contributed by atoms with E-state index in [1.165, 1.54) is 11.3 Å². The molecule has 0 aliphatic carbocycles. The average molecular weight is 305 g/mol. The van der Waals surface area contributed by atoms with Crippen molar-refractivity contribution in [1.29, 1.82) is 0 Å². The molecule has 22 heavy (non-hydrogen) atoms. The van der Waals surface area contributed by atoms with Crippen LogP contribution in [-0.2, 0) is 0 Å². The van der Waals surface area contributed by atoms with Crippen LogP contribution in [0.15, 0.2) is 24.3 Å². The minimum atomic E-state index is -0.0723. The summed E-state index contributed by atoms with van der Waals surface area (Å²) in [5.41, 5.74) is 2.64. The molecule has 1 aliphatic rings. The zero-order valence-corrected chi connectivity index (χ0v) is 14.3. The van der Waals surface area contributed by atoms with Gasteiger partial charge >= 0.3 is 0 Å². The lowest BCUT2D eigenvalue weighted by Crippen LogP contribution is -2.37. The van der Waals surface area contributed by atoms with Gasteiger partial charge in [0.2, 0.25) is 0 Å². The first-order chi connectivity index (χ1) is 10.6. The SMILES string of the molecule is CC(NCCCN1CCC(O)CC1)c1ccccc1N(C)C. The first kappa shape index (κ1) is 17.3. The van der Waals surface area contributed by atoms with Gasteiger partial charge < -0.3 is 20.2 Å². The van der Waals surface area contributed by atoms with E-state index in [0.29, 0.717) is 6.04 Å². The standard InChI is InChI=1S/C18H31N3O/c1-15(17-7-4-5-8-18(17)20(2)3)19-11-6-12-21-13-9-16(22)10-14-21/h4-5,7-8,15-16,19,22H,6,9-14H2,1-3H3. The van der Waals surface area contributed by atoms with Crippen LogP contribution in [0.4, 0.5) is 5.69 Å². The second-order valence-electron chi connectivity index (χ2n) is 6.56. The summed E-state index contributed by atoms with van der Waals surface area (Å²) in [6.45, 7) is 6.48. The van der Waals surface area contributed by atoms with Crippen molar-refractivity contribution in [2.45, 2.75) is 38.3 Å². The zero-order chi connectivity index (χ0) is 15.9. The van der Waals surface area contributed by atoms with Crippen molar-refractivity contribution in [1.82, 2.24) is 10.2 Å². The first-order valence-corrected chi connectivity index (χ1v) is 8.48. The molecule has 1 atom stereocenters. The smallest absolute Gasteiger partial charge is 0.0564 e. The quantitative estimate of drug-likeness (QED) is 0.758. The minimum absolute atomic E-state index is 0.0723. The molecule has 1 fully saturated rings. The van der Waals surface area contributed by atoms with Crippen molar-refractivity contribution in [3.63, 3.8) is 0 Å². The van der Waals surface area contributed by atoms with Gasteiger partial charge in [-0.25, -0.2) is 0 Å². The maximum Gasteiger partial charge on any atom is 0.0564 e. The summed E-state index contributed by atoms with van der Waals surface area (Å²) in [6, 6.07) is 8.95. The number of aliphatic hydroxyl groups excluding tert-OH is 1. The summed E-state index contributed by atoms with van der Waals surface area (Å²) in [4.78, 5) is 4.64. The van der Waals surface area contributed by atoms with E-state index in [-0.39, 0.29) is 6.10 Å². The van der Waals surface area contributed by atoms with E-state index >= 15 is 0 Å². The molecule has 0 aromatic heterocycles. The lowest BCUT2D eigenvalue weighted by atomic mass is 10.1. The van der Waals surface area contributed by atoms with Gasteiger partial charge in [-0.15, -0.1) is 0 Å². The Bertz CT molecular complexity index is 442. The van der Waals surface area contributed by atoms with E-state index in [2.05, 4.69) is 60.4 Å². The van der Waals surface area contributed by atoms with Gasteiger partial charge in [-0.1, -0.05) is 18.2 Å². The van der Waals surface area contributed by atoms with Crippen LogP contribution in [0, 0.1) is 0 Å². The molecule has 1 heterocycles. The molecule has 1 aromatic rings. The van der Waals surface area contributed by atoms with Crippen LogP contribution in [0.5, 0.6) is 0 Å². The third-order valence-corrected chi connectivity index (χ3v) is 4.54. The van der Waals surface area contributed by atoms with Crippen LogP contribution < -0.4 is 10.2 Å². The van der Waals surface area contributed by atoms with E-state index < -0.39 is 0 Å². The molecule has 2 rings (SSSR count). The number of piperidine rings is 1. The molecule has 4 heteroatoms. The summed E-state index contributed by atoms with van der Waals surface area (Å²) >= 11 is 0. The van der Waals surface area contributed by atoms with Crippen molar-refractivity contribution in [2.24, 2.45) is 0 Å². The van der Waals surface area contributed by atoms with Crippen molar-refractivity contribution in [3.05, 3.63) is 29.8 Å². The highest BCUT2D eigenvalue weighted by Crippen LogP contribution is 2.24. The maximum atomic E-state index is 9.53. The number of aliphatic hydroxyl groups is 1. The molecule has 1 saturated heterocycles. The summed E-state index contributed by atoms with van der Waals surface area (Å²) in [6.07, 6.45) is 2.95. The van der Waals surface area contributed by atoms with E-state index in [9.17, 15) is 5.11 Å². The van der Waals surface area contributed by atoms with E-state index in [1.807, 2.05) is 0 Å². The summed E-state index contributed by atoms with van der Waals surface area (Å²) in [5.74, 6) is 0. The fourth-order valence-electron chi connectivity index (χ4n) is 3.14. The second-order valence-corrected chi connectivity index (χ2v) is 6.56. The highest BCUT2D eigenvalue weighted by molar-refractivity contribution is 5.53. The summed E-state index contributed by atoms with van der Waals surface area (Å²) in [7, 11) is 4.19. The molecule has 0 radical (unpaired) electrons. The van der Waals surface area contributed by atoms with Crippen LogP contribution in [0.3, 0.4) is 0 Å². The molecular formula is C18H31N3O. The molecule has 1 aromatic carbocycles. The Labute approximate surface area is 135 Å². The van der Waals surface area contributed by atoms with Gasteiger partial charge in [0.1, 0.15) is 0 Å². The van der Waals surface area contributed by atoms with E-state index in [0.717, 1.165) is 45.4 Å². The minimum Gasteiger partial charge on any atom is -0.393 e. The Morgan fingerprint density at radius 3 is 2.64 bits per heavy atom. The molecule has 4 nitrogen and oxygen atoms in total. The Morgan fingerprint density at radius 2 is 1.95 bits per heavy atom. The number of rotatable bonds is 7. The number of likely N-dealkylation sites (tertiary alicyclic amines) is 1. The topological polar surface area (TPSA) is 38.7 Å². The Balaban J connectivity index is 1.73. The van der Waals surface area contributed by atoms with Gasteiger partial charge in [-0.3, -0.25) is 0 Å². The summed E-state index contributed by atoms with van der Waals surface area (Å²) in [5, 5.41) is 13.2. The van der Waals surface area contributed by atoms with Gasteiger partial charge in [-0.2, -0.15) is 0 Å². The number of para-hydroxylation sites is 1. The van der Waals surface area contributed by atoms with Gasteiger partial charge in [0.05, 0.1) is 6.10 Å². The number of hydrogen-bond acceptors (Lipinski definition) is 4. The van der Waals surface area contributed by atoms with Crippen molar-refractivity contribution in [2.75, 3.05) is 45.2 Å². The molecule has 0 saturated carbocycles. The van der Waals surface area contributed by atoms with Gasteiger partial charge in [0.25, 0.3) is 0 Å². The largest absolute Gasteiger partial charge is 0.393 e. The number of anilines is 1. The summed E-state index contributed by atoms with van der Waals surface area (Å²) < 4.78 is 0. The Morgan fingerprint density at radius 1 is 1.27 bits per heavy atom. The van der Waals surface area contributed by atoms with Gasteiger partial charge in [0.15, 0.2) is 0 Å². The highest BCUT2D eigenvalue weighted by Gasteiger charge is 2.16. The third-order valence-electron chi connectivity index (χ3n) is 4.54. The van der Waals surface area contributed by atoms with Crippen molar-refractivity contribution >= 4 is 5.69 Å². The number of benzene rings is 1. The second kappa shape index (κ2) is 8.51. The fraction of sp³-hybridized carbons (Fsp3) is 0.667. The Hall–Kier alpha value is -1.10. The zero-order valence-electron chi connectivity index (χ0n) is 14.3. The molecular weight excluding hydrogens is 274 g/mol. The molecule has 0 bridgehead atoms. The maximum absolute atomic E-state index is 9.53. The highest BCUT2D eigenvalue weighted by atomic mass is 16.3. The predicted molar refractivity (Wildman–Crippen MR) is 93.5 cm³/mol. The molecule has 0 spiro atoms. The van der Waals surface area contributed by atoms with E-state index in [1.54, 1.807) is 0 Å². The number of hydrogen-bond donors (Lipinski definition) is 2. The Kier molecular flexibility index (Phi) is 6.68. The predicted octanol–water partition coefficient (Wildman–Crippen LogP) is 2.25. The van der Waals surface area contributed by atoms with Crippen molar-refractivity contribution < 1.29 is 5.11 Å². The van der Waals surface area contributed by atoms with E-state index in [4.69, 9.17) is 0 Å². The van der Waals surface area contributed by atoms with Crippen LogP contribution in [-0.4, -0.2) is 56.4 Å². The van der Waals surface area contributed by atoms with Crippen LogP contribution in [0.25, 0.3) is 0 Å². The van der Waals surface area contributed by atoms with Crippen LogP contribution >= 0.6 is 0 Å². The normalized spacial score (nSPS) is 18.4. The third kappa shape index (κ3) is 4.97. The lowest BCUT2D eigenvalue weighted by molar-refractivity contribution is 0.0820. The lowest BCUT2D eigenvalue weighted by Gasteiger charge is -2.29.